The molecule has 0 aliphatic carbocycles. The zero-order chi connectivity index (χ0) is 51.7. The Morgan fingerprint density at radius 1 is 0.513 bits per heavy atom. The number of ether oxygens (including phenoxy) is 15. The number of carbonyl (C=O) groups excluding carboxylic acids is 1. The molecule has 0 amide bonds. The predicted octanol–water partition coefficient (Wildman–Crippen LogP) is 1.25. The van der Waals surface area contributed by atoms with E-state index in [2.05, 4.69) is 20.1 Å². The van der Waals surface area contributed by atoms with Gasteiger partial charge in [-0.2, -0.15) is 0 Å². The van der Waals surface area contributed by atoms with Crippen molar-refractivity contribution in [2.45, 2.75) is 298 Å². The largest absolute Gasteiger partial charge is 0.458 e. The number of carbonyl (C=O) groups is 1. The van der Waals surface area contributed by atoms with Gasteiger partial charge in [-0.05, 0) is 62.0 Å². The molecule has 21 heteroatoms. The van der Waals surface area contributed by atoms with Crippen molar-refractivity contribution >= 4 is 5.97 Å². The lowest BCUT2D eigenvalue weighted by molar-refractivity contribution is -0.360. The van der Waals surface area contributed by atoms with E-state index < -0.39 is 133 Å². The van der Waals surface area contributed by atoms with Crippen LogP contribution in [0.1, 0.15) is 116 Å². The van der Waals surface area contributed by atoms with Gasteiger partial charge in [-0.3, -0.25) is 4.79 Å². The van der Waals surface area contributed by atoms with E-state index in [0.717, 1.165) is 43.3 Å². The van der Waals surface area contributed by atoms with Gasteiger partial charge in [0.25, 0.3) is 0 Å². The molecule has 16 saturated heterocycles. The molecule has 16 aliphatic rings. The molecule has 3 spiro atoms. The molecule has 76 heavy (non-hydrogen) atoms. The van der Waals surface area contributed by atoms with E-state index in [-0.39, 0.29) is 80.3 Å². The zero-order valence-electron chi connectivity index (χ0n) is 43.5. The van der Waals surface area contributed by atoms with Crippen LogP contribution in [0.4, 0.5) is 0 Å². The van der Waals surface area contributed by atoms with Crippen LogP contribution in [0, 0.1) is 5.92 Å². The molecule has 12 bridgehead atoms. The van der Waals surface area contributed by atoms with Gasteiger partial charge < -0.3 is 98.5 Å². The topological polar surface area (TPSA) is 274 Å². The summed E-state index contributed by atoms with van der Waals surface area (Å²) in [6, 6.07) is -1.69. The van der Waals surface area contributed by atoms with Gasteiger partial charge in [-0.25, -0.2) is 0 Å². The first-order valence-electron chi connectivity index (χ1n) is 29.0. The highest BCUT2D eigenvalue weighted by Crippen LogP contribution is 2.56. The number of rotatable bonds is 1. The summed E-state index contributed by atoms with van der Waals surface area (Å²) in [7, 11) is 0. The van der Waals surface area contributed by atoms with Crippen molar-refractivity contribution in [1.82, 2.24) is 0 Å². The maximum atomic E-state index is 14.5. The average Bonchev–Trinajstić information content (AvgIpc) is 4.36. The van der Waals surface area contributed by atoms with Gasteiger partial charge in [-0.15, -0.1) is 0 Å². The molecular weight excluding hydrogens is 991 g/mol. The summed E-state index contributed by atoms with van der Waals surface area (Å²) < 4.78 is 102. The number of esters is 1. The third kappa shape index (κ3) is 8.52. The average molecular weight is 1070 g/mol. The molecule has 8 N–H and O–H groups in total. The molecule has 21 nitrogen and oxygen atoms in total. The first kappa shape index (κ1) is 51.1. The van der Waals surface area contributed by atoms with Crippen molar-refractivity contribution in [2.24, 2.45) is 23.1 Å². The summed E-state index contributed by atoms with van der Waals surface area (Å²) in [4.78, 5) is 14.5. The van der Waals surface area contributed by atoms with Crippen LogP contribution in [0.3, 0.4) is 0 Å². The number of aliphatic hydroxyl groups is 2. The van der Waals surface area contributed by atoms with Crippen LogP contribution in [0.15, 0.2) is 24.3 Å². The summed E-state index contributed by atoms with van der Waals surface area (Å²) in [5, 5.41) is 20.5. The van der Waals surface area contributed by atoms with Crippen molar-refractivity contribution in [2.75, 3.05) is 6.61 Å². The highest BCUT2D eigenvalue weighted by molar-refractivity contribution is 5.70. The molecule has 16 aliphatic heterocycles. The number of fused-ring (bicyclic) bond motifs is 10. The Morgan fingerprint density at radius 2 is 1.18 bits per heavy atom. The normalized spacial score (nSPS) is 59.3. The minimum absolute atomic E-state index is 0.00158. The molecule has 14 unspecified atom stereocenters. The van der Waals surface area contributed by atoms with E-state index in [0.29, 0.717) is 64.2 Å². The molecule has 16 rings (SSSR count). The van der Waals surface area contributed by atoms with Crippen molar-refractivity contribution in [3.05, 3.63) is 24.3 Å². The summed E-state index contributed by atoms with van der Waals surface area (Å²) in [5.41, 5.74) is 23.1. The monoisotopic (exact) mass is 1070 g/mol. The molecule has 0 aromatic carbocycles. The van der Waals surface area contributed by atoms with Gasteiger partial charge in [0.2, 0.25) is 0 Å². The Kier molecular flexibility index (Phi) is 12.7. The maximum Gasteiger partial charge on any atom is 0.308 e. The van der Waals surface area contributed by atoms with Crippen LogP contribution in [0.25, 0.3) is 0 Å². The summed E-state index contributed by atoms with van der Waals surface area (Å²) in [6.07, 6.45) is -1.06. The third-order valence-corrected chi connectivity index (χ3v) is 20.7. The number of aliphatic hydroxyl groups excluding tert-OH is 2. The quantitative estimate of drug-likeness (QED) is 0.183. The fourth-order valence-electron chi connectivity index (χ4n) is 17.0. The molecular formula is C55H79N3O18. The molecule has 0 aromatic rings. The van der Waals surface area contributed by atoms with Crippen molar-refractivity contribution in [1.29, 1.82) is 0 Å². The van der Waals surface area contributed by atoms with Gasteiger partial charge in [0.1, 0.15) is 54.9 Å². The zero-order valence-corrected chi connectivity index (χ0v) is 43.5. The predicted molar refractivity (Wildman–Crippen MR) is 260 cm³/mol. The van der Waals surface area contributed by atoms with Gasteiger partial charge in [-0.1, -0.05) is 20.1 Å². The molecule has 31 atom stereocenters. The van der Waals surface area contributed by atoms with Crippen molar-refractivity contribution < 1.29 is 86.1 Å². The lowest BCUT2D eigenvalue weighted by Crippen LogP contribution is -2.68. The Labute approximate surface area is 442 Å². The summed E-state index contributed by atoms with van der Waals surface area (Å²) >= 11 is 0. The van der Waals surface area contributed by atoms with Gasteiger partial charge in [0, 0.05) is 69.9 Å². The van der Waals surface area contributed by atoms with Crippen LogP contribution in [0.2, 0.25) is 0 Å². The maximum absolute atomic E-state index is 14.5. The molecule has 16 fully saturated rings. The lowest BCUT2D eigenvalue weighted by atomic mass is 9.81. The lowest BCUT2D eigenvalue weighted by Gasteiger charge is -2.54. The van der Waals surface area contributed by atoms with Crippen LogP contribution in [0.5, 0.6) is 0 Å². The van der Waals surface area contributed by atoms with E-state index in [1.165, 1.54) is 0 Å². The molecule has 0 saturated carbocycles. The fourth-order valence-corrected chi connectivity index (χ4v) is 17.0. The number of nitrogens with two attached hydrogens (primary N) is 3. The number of hydrogen-bond acceptors (Lipinski definition) is 21. The first-order valence-corrected chi connectivity index (χ1v) is 29.0. The van der Waals surface area contributed by atoms with E-state index in [1.807, 2.05) is 0 Å². The summed E-state index contributed by atoms with van der Waals surface area (Å²) in [6.45, 7) is 10.9. The van der Waals surface area contributed by atoms with Gasteiger partial charge >= 0.3 is 5.97 Å². The second-order valence-electron chi connectivity index (χ2n) is 25.7. The Morgan fingerprint density at radius 3 is 2.04 bits per heavy atom. The fraction of sp³-hybridized carbons (Fsp3) is 0.909. The molecule has 16 heterocycles. The van der Waals surface area contributed by atoms with E-state index in [9.17, 15) is 15.0 Å². The van der Waals surface area contributed by atoms with Crippen LogP contribution in [-0.2, 0) is 75.8 Å². The third-order valence-electron chi connectivity index (χ3n) is 20.7. The van der Waals surface area contributed by atoms with Gasteiger partial charge in [0.15, 0.2) is 17.4 Å². The highest BCUT2D eigenvalue weighted by atomic mass is 16.8. The second kappa shape index (κ2) is 18.9. The minimum atomic E-state index is -1.11. The standard InChI is InChI=1S/C55H79N3O18/c1-22-10-25-4-6-31-23(2)11-27(62-31)8-9-53-19-39-49(75-53)50-51(68-39)52(76-53)48-32(66-50)7-5-26(64-48)12-42(61)70-47-35(14-33(63-25)24(22)3)65-36-15-34-38(67-46(36)43(47)58)18-55(71-34)20-40-45(74-55)29(57)17-54(73-40)16-28(56)44-37(72-54)13-30(60)41(21-59)69-44/h22,25-41,43-52,59-60H,2-21,56-58H2,1H3/t22-,25?,26-,27?,28+,29+,30?,31?,32+,33?,34-,35?,36+,37?,38-,39?,40?,41?,43+,44?,45?,46-,47+,48+,49?,50+,51?,52+,53+,54-,55+/m1/s1. The Balaban J connectivity index is 0.669. The van der Waals surface area contributed by atoms with Gasteiger partial charge in [0.05, 0.1) is 111 Å². The molecule has 422 valence electrons. The van der Waals surface area contributed by atoms with Crippen LogP contribution in [-0.4, -0.2) is 205 Å². The van der Waals surface area contributed by atoms with Crippen molar-refractivity contribution in [3.8, 4) is 0 Å². The van der Waals surface area contributed by atoms with Crippen LogP contribution >= 0.6 is 0 Å². The second-order valence-corrected chi connectivity index (χ2v) is 25.7. The number of hydrogen-bond donors (Lipinski definition) is 5. The van der Waals surface area contributed by atoms with E-state index in [1.54, 1.807) is 0 Å². The van der Waals surface area contributed by atoms with E-state index in [4.69, 9.17) is 88.3 Å². The highest BCUT2D eigenvalue weighted by Gasteiger charge is 2.70. The smallest absolute Gasteiger partial charge is 0.308 e. The molecule has 0 aromatic heterocycles. The van der Waals surface area contributed by atoms with Crippen molar-refractivity contribution in [3.63, 3.8) is 0 Å². The molecule has 0 radical (unpaired) electrons. The Hall–Kier alpha value is -1.81. The van der Waals surface area contributed by atoms with Crippen LogP contribution < -0.4 is 17.2 Å². The Bertz CT molecular complexity index is 2290. The minimum Gasteiger partial charge on any atom is -0.458 e. The SMILES string of the molecule is C=C1CC2CC[C@@]34CC5OC6[C@@H](O[C@H]7CC[C@H](CC(=O)O[C@H]8C(CC9OC(CCC1O2)C[C@@H](C)C9=C)O[C@H]1C[C@H]2O[C@@]9(CC%10O[C@]%11(C[C@H](N)C%12OC(CO)C(O)CC%12O%11)C[C@H](N)C%10O9)C[C@H]2O[C@H]1[C@@H]8N)O[C@@H]7[C@@H]6O3)C5O4. The van der Waals surface area contributed by atoms with E-state index >= 15 is 0 Å². The first-order chi connectivity index (χ1) is 36.6. The summed E-state index contributed by atoms with van der Waals surface area (Å²) in [5.74, 6) is -3.28.